The van der Waals surface area contributed by atoms with Crippen molar-refractivity contribution in [2.75, 3.05) is 6.61 Å². The van der Waals surface area contributed by atoms with Gasteiger partial charge in [-0.15, -0.1) is 0 Å². The van der Waals surface area contributed by atoms with Crippen LogP contribution in [0.4, 0.5) is 5.69 Å². The largest absolute Gasteiger partial charge is 0.491 e. The SMILES string of the molecule is CCCCCOC1=CC(=Nc2ccccc2Cl)C(=N)C=C1N. The van der Waals surface area contributed by atoms with E-state index in [1.165, 1.54) is 0 Å². The van der Waals surface area contributed by atoms with Crippen LogP contribution in [0.25, 0.3) is 0 Å². The van der Waals surface area contributed by atoms with Crippen molar-refractivity contribution >= 4 is 28.7 Å². The monoisotopic (exact) mass is 317 g/mol. The van der Waals surface area contributed by atoms with Crippen molar-refractivity contribution in [3.8, 4) is 0 Å². The Morgan fingerprint density at radius 1 is 1.23 bits per heavy atom. The highest BCUT2D eigenvalue weighted by molar-refractivity contribution is 6.51. The van der Waals surface area contributed by atoms with Gasteiger partial charge in [-0.1, -0.05) is 43.5 Å². The average Bonchev–Trinajstić information content (AvgIpc) is 2.50. The molecule has 5 heteroatoms. The molecule has 1 aromatic rings. The third kappa shape index (κ3) is 4.21. The van der Waals surface area contributed by atoms with Crippen LogP contribution in [0.1, 0.15) is 26.2 Å². The summed E-state index contributed by atoms with van der Waals surface area (Å²) in [6.07, 6.45) is 6.50. The smallest absolute Gasteiger partial charge is 0.144 e. The number of nitrogens with one attached hydrogen (secondary N) is 1. The molecule has 3 N–H and O–H groups in total. The van der Waals surface area contributed by atoms with Crippen molar-refractivity contribution in [3.63, 3.8) is 0 Å². The highest BCUT2D eigenvalue weighted by atomic mass is 35.5. The van der Waals surface area contributed by atoms with Crippen LogP contribution in [0.2, 0.25) is 5.02 Å². The number of hydrogen-bond acceptors (Lipinski definition) is 4. The minimum Gasteiger partial charge on any atom is -0.491 e. The first-order valence-electron chi connectivity index (χ1n) is 7.36. The number of nitrogens with zero attached hydrogens (tertiary/aromatic N) is 1. The number of ether oxygens (including phenoxy) is 1. The minimum atomic E-state index is 0.248. The van der Waals surface area contributed by atoms with Crippen LogP contribution in [-0.4, -0.2) is 18.0 Å². The number of unbranched alkanes of at least 4 members (excludes halogenated alkanes) is 2. The Bertz CT molecular complexity index is 647. The van der Waals surface area contributed by atoms with E-state index in [1.807, 2.05) is 12.1 Å². The van der Waals surface area contributed by atoms with E-state index in [1.54, 1.807) is 24.3 Å². The highest BCUT2D eigenvalue weighted by Gasteiger charge is 2.16. The molecular formula is C17H20ClN3O. The van der Waals surface area contributed by atoms with Crippen molar-refractivity contribution in [3.05, 3.63) is 52.9 Å². The van der Waals surface area contributed by atoms with Gasteiger partial charge >= 0.3 is 0 Å². The third-order valence-electron chi connectivity index (χ3n) is 3.23. The van der Waals surface area contributed by atoms with Gasteiger partial charge in [0, 0.05) is 6.08 Å². The van der Waals surface area contributed by atoms with E-state index >= 15 is 0 Å². The van der Waals surface area contributed by atoms with Gasteiger partial charge in [0.05, 0.1) is 34.4 Å². The number of benzene rings is 1. The lowest BCUT2D eigenvalue weighted by molar-refractivity contribution is 0.213. The maximum atomic E-state index is 8.00. The summed E-state index contributed by atoms with van der Waals surface area (Å²) in [7, 11) is 0. The van der Waals surface area contributed by atoms with Gasteiger partial charge in [0.2, 0.25) is 0 Å². The fraction of sp³-hybridized carbons (Fsp3) is 0.294. The van der Waals surface area contributed by atoms with Crippen molar-refractivity contribution < 1.29 is 4.74 Å². The van der Waals surface area contributed by atoms with Gasteiger partial charge in [-0.3, -0.25) is 5.41 Å². The second kappa shape index (κ2) is 7.80. The molecular weight excluding hydrogens is 298 g/mol. The predicted octanol–water partition coefficient (Wildman–Crippen LogP) is 4.38. The number of aliphatic imine (C=N–C) groups is 1. The van der Waals surface area contributed by atoms with E-state index in [-0.39, 0.29) is 5.71 Å². The fourth-order valence-electron chi connectivity index (χ4n) is 2.01. The van der Waals surface area contributed by atoms with Gasteiger partial charge in [-0.2, -0.15) is 0 Å². The highest BCUT2D eigenvalue weighted by Crippen LogP contribution is 2.25. The molecule has 1 aliphatic rings. The topological polar surface area (TPSA) is 71.5 Å². The summed E-state index contributed by atoms with van der Waals surface area (Å²) >= 11 is 6.10. The first kappa shape index (κ1) is 16.3. The molecule has 0 radical (unpaired) electrons. The standard InChI is InChI=1S/C17H20ClN3O/c1-2-3-6-9-22-17-11-16(13(19)10-14(17)20)21-15-8-5-4-7-12(15)18/h4-5,7-8,10-11,19H,2-3,6,9,20H2,1H3. The molecule has 0 amide bonds. The van der Waals surface area contributed by atoms with Crippen molar-refractivity contribution in [1.29, 1.82) is 5.41 Å². The van der Waals surface area contributed by atoms with Crippen LogP contribution in [0.3, 0.4) is 0 Å². The zero-order chi connectivity index (χ0) is 15.9. The summed E-state index contributed by atoms with van der Waals surface area (Å²) in [5.74, 6) is 0.568. The molecule has 1 aliphatic carbocycles. The van der Waals surface area contributed by atoms with Crippen molar-refractivity contribution in [2.24, 2.45) is 10.7 Å². The molecule has 22 heavy (non-hydrogen) atoms. The Morgan fingerprint density at radius 3 is 2.73 bits per heavy atom. The van der Waals surface area contributed by atoms with Crippen LogP contribution in [0.5, 0.6) is 0 Å². The van der Waals surface area contributed by atoms with Crippen molar-refractivity contribution in [1.82, 2.24) is 0 Å². The minimum absolute atomic E-state index is 0.248. The Balaban J connectivity index is 2.19. The van der Waals surface area contributed by atoms with E-state index in [9.17, 15) is 0 Å². The van der Waals surface area contributed by atoms with Gasteiger partial charge in [0.15, 0.2) is 0 Å². The maximum Gasteiger partial charge on any atom is 0.144 e. The molecule has 0 aromatic heterocycles. The molecule has 0 spiro atoms. The molecule has 0 aliphatic heterocycles. The summed E-state index contributed by atoms with van der Waals surface area (Å²) in [6, 6.07) is 7.27. The molecule has 0 atom stereocenters. The normalized spacial score (nSPS) is 16.5. The number of nitrogens with two attached hydrogens (primary N) is 1. The second-order valence-electron chi connectivity index (χ2n) is 5.03. The number of halogens is 1. The Morgan fingerprint density at radius 2 is 2.00 bits per heavy atom. The first-order chi connectivity index (χ1) is 10.6. The molecule has 0 bridgehead atoms. The molecule has 0 saturated heterocycles. The number of rotatable bonds is 6. The van der Waals surface area contributed by atoms with Gasteiger partial charge in [0.25, 0.3) is 0 Å². The maximum absolute atomic E-state index is 8.00. The summed E-state index contributed by atoms with van der Waals surface area (Å²) < 4.78 is 5.70. The average molecular weight is 318 g/mol. The first-order valence-corrected chi connectivity index (χ1v) is 7.73. The fourth-order valence-corrected chi connectivity index (χ4v) is 2.19. The van der Waals surface area contributed by atoms with Crippen LogP contribution in [0, 0.1) is 5.41 Å². The van der Waals surface area contributed by atoms with Crippen LogP contribution in [-0.2, 0) is 4.74 Å². The van der Waals surface area contributed by atoms with Gasteiger partial charge in [0.1, 0.15) is 5.76 Å². The van der Waals surface area contributed by atoms with Gasteiger partial charge in [-0.05, 0) is 24.6 Å². The van der Waals surface area contributed by atoms with E-state index in [0.29, 0.717) is 34.5 Å². The quantitative estimate of drug-likeness (QED) is 0.603. The molecule has 0 fully saturated rings. The Kier molecular flexibility index (Phi) is 5.78. The van der Waals surface area contributed by atoms with Crippen LogP contribution < -0.4 is 5.73 Å². The predicted molar refractivity (Wildman–Crippen MR) is 92.1 cm³/mol. The van der Waals surface area contributed by atoms with Gasteiger partial charge < -0.3 is 10.5 Å². The lowest BCUT2D eigenvalue weighted by atomic mass is 10.1. The Labute approximate surface area is 135 Å². The summed E-state index contributed by atoms with van der Waals surface area (Å²) in [5, 5.41) is 8.54. The molecule has 1 aromatic carbocycles. The summed E-state index contributed by atoms with van der Waals surface area (Å²) in [5.41, 5.74) is 7.74. The molecule has 0 saturated carbocycles. The molecule has 116 valence electrons. The summed E-state index contributed by atoms with van der Waals surface area (Å²) in [4.78, 5) is 4.43. The molecule has 4 nitrogen and oxygen atoms in total. The van der Waals surface area contributed by atoms with E-state index in [4.69, 9.17) is 27.5 Å². The third-order valence-corrected chi connectivity index (χ3v) is 3.55. The number of hydrogen-bond donors (Lipinski definition) is 2. The Hall–Kier alpha value is -2.07. The number of allylic oxidation sites excluding steroid dienone is 2. The molecule has 2 rings (SSSR count). The zero-order valence-electron chi connectivity index (χ0n) is 12.6. The van der Waals surface area contributed by atoms with E-state index in [2.05, 4.69) is 11.9 Å². The van der Waals surface area contributed by atoms with Crippen LogP contribution in [0.15, 0.2) is 52.9 Å². The number of para-hydroxylation sites is 1. The molecule has 0 unspecified atom stereocenters. The summed E-state index contributed by atoms with van der Waals surface area (Å²) in [6.45, 7) is 2.75. The van der Waals surface area contributed by atoms with E-state index in [0.717, 1.165) is 19.3 Å². The zero-order valence-corrected chi connectivity index (χ0v) is 13.4. The molecule has 0 heterocycles. The van der Waals surface area contributed by atoms with E-state index < -0.39 is 0 Å². The van der Waals surface area contributed by atoms with Crippen molar-refractivity contribution in [2.45, 2.75) is 26.2 Å². The van der Waals surface area contributed by atoms with Crippen LogP contribution >= 0.6 is 11.6 Å². The lowest BCUT2D eigenvalue weighted by Gasteiger charge is -2.16. The lowest BCUT2D eigenvalue weighted by Crippen LogP contribution is -2.20. The second-order valence-corrected chi connectivity index (χ2v) is 5.43. The van der Waals surface area contributed by atoms with Gasteiger partial charge in [-0.25, -0.2) is 4.99 Å².